The van der Waals surface area contributed by atoms with Crippen molar-refractivity contribution in [1.29, 1.82) is 0 Å². The molecular formula is C9H15NO5S. The van der Waals surface area contributed by atoms with Gasteiger partial charge in [-0.15, -0.1) is 0 Å². The lowest BCUT2D eigenvalue weighted by atomic mass is 10.3. The zero-order chi connectivity index (χ0) is 12.2. The molecule has 7 heteroatoms. The second-order valence-corrected chi connectivity index (χ2v) is 5.32. The van der Waals surface area contributed by atoms with E-state index in [-0.39, 0.29) is 18.4 Å². The van der Waals surface area contributed by atoms with E-state index in [2.05, 4.69) is 4.18 Å². The van der Waals surface area contributed by atoms with Gasteiger partial charge >= 0.3 is 0 Å². The molecule has 1 aliphatic rings. The van der Waals surface area contributed by atoms with Gasteiger partial charge in [-0.1, -0.05) is 0 Å². The summed E-state index contributed by atoms with van der Waals surface area (Å²) < 4.78 is 25.8. The highest BCUT2D eigenvalue weighted by Crippen LogP contribution is 2.12. The molecule has 0 saturated carbocycles. The quantitative estimate of drug-likeness (QED) is 0.373. The van der Waals surface area contributed by atoms with Crippen molar-refractivity contribution < 1.29 is 22.2 Å². The molecule has 16 heavy (non-hydrogen) atoms. The number of likely N-dealkylation sites (tertiary alicyclic amines) is 1. The summed E-state index contributed by atoms with van der Waals surface area (Å²) in [5.74, 6) is -0.289. The minimum absolute atomic E-state index is 0.0923. The molecule has 1 saturated heterocycles. The van der Waals surface area contributed by atoms with Crippen LogP contribution in [-0.4, -0.2) is 44.5 Å². The molecular weight excluding hydrogens is 234 g/mol. The van der Waals surface area contributed by atoms with E-state index in [0.717, 1.165) is 6.26 Å². The van der Waals surface area contributed by atoms with Crippen LogP contribution in [0.15, 0.2) is 0 Å². The Labute approximate surface area is 94.7 Å². The van der Waals surface area contributed by atoms with Gasteiger partial charge in [0.05, 0.1) is 12.9 Å². The second-order valence-electron chi connectivity index (χ2n) is 3.67. The first-order valence-electron chi connectivity index (χ1n) is 5.08. The molecule has 0 spiro atoms. The van der Waals surface area contributed by atoms with Crippen molar-refractivity contribution in [2.75, 3.05) is 19.4 Å². The van der Waals surface area contributed by atoms with Crippen LogP contribution in [0, 0.1) is 0 Å². The first-order chi connectivity index (χ1) is 7.40. The first kappa shape index (κ1) is 13.1. The zero-order valence-corrected chi connectivity index (χ0v) is 9.96. The van der Waals surface area contributed by atoms with Crippen molar-refractivity contribution >= 4 is 21.9 Å². The number of carbonyl (C=O) groups excluding carboxylic acids is 2. The Bertz CT molecular complexity index is 359. The fraction of sp³-hybridized carbons (Fsp3) is 0.778. The van der Waals surface area contributed by atoms with E-state index in [1.807, 2.05) is 0 Å². The van der Waals surface area contributed by atoms with Crippen LogP contribution in [0.1, 0.15) is 25.7 Å². The number of unbranched alkanes of at least 4 members (excludes halogenated alkanes) is 1. The number of hydrogen-bond acceptors (Lipinski definition) is 5. The summed E-state index contributed by atoms with van der Waals surface area (Å²) in [4.78, 5) is 23.6. The van der Waals surface area contributed by atoms with E-state index in [9.17, 15) is 18.0 Å². The normalized spacial score (nSPS) is 17.2. The summed E-state index contributed by atoms with van der Waals surface area (Å²) in [6.07, 6.45) is 2.63. The topological polar surface area (TPSA) is 80.8 Å². The van der Waals surface area contributed by atoms with Crippen molar-refractivity contribution in [2.24, 2.45) is 0 Å². The summed E-state index contributed by atoms with van der Waals surface area (Å²) in [5.41, 5.74) is 0. The van der Waals surface area contributed by atoms with Gasteiger partial charge in [0.25, 0.3) is 10.1 Å². The molecule has 0 radical (unpaired) electrons. The fourth-order valence-electron chi connectivity index (χ4n) is 1.45. The van der Waals surface area contributed by atoms with Crippen LogP contribution in [-0.2, 0) is 23.9 Å². The van der Waals surface area contributed by atoms with Gasteiger partial charge in [-0.3, -0.25) is 18.7 Å². The largest absolute Gasteiger partial charge is 0.283 e. The van der Waals surface area contributed by atoms with Gasteiger partial charge in [0, 0.05) is 19.4 Å². The van der Waals surface area contributed by atoms with Crippen molar-refractivity contribution in [3.05, 3.63) is 0 Å². The lowest BCUT2D eigenvalue weighted by Gasteiger charge is -2.12. The number of carbonyl (C=O) groups is 2. The van der Waals surface area contributed by atoms with Crippen molar-refractivity contribution in [1.82, 2.24) is 4.90 Å². The van der Waals surface area contributed by atoms with Crippen LogP contribution in [0.25, 0.3) is 0 Å². The summed E-state index contributed by atoms with van der Waals surface area (Å²) in [6, 6.07) is 0. The predicted octanol–water partition coefficient (Wildman–Crippen LogP) is -0.108. The molecule has 0 aromatic rings. The average Bonchev–Trinajstić information content (AvgIpc) is 2.46. The van der Waals surface area contributed by atoms with E-state index in [1.165, 1.54) is 4.90 Å². The molecule has 2 amide bonds. The van der Waals surface area contributed by atoms with Gasteiger partial charge in [0.1, 0.15) is 0 Å². The van der Waals surface area contributed by atoms with E-state index >= 15 is 0 Å². The number of hydrogen-bond donors (Lipinski definition) is 0. The van der Waals surface area contributed by atoms with Crippen LogP contribution < -0.4 is 0 Å². The fourth-order valence-corrected chi connectivity index (χ4v) is 1.88. The van der Waals surface area contributed by atoms with Gasteiger partial charge in [-0.2, -0.15) is 8.42 Å². The highest BCUT2D eigenvalue weighted by molar-refractivity contribution is 7.85. The van der Waals surface area contributed by atoms with Crippen LogP contribution >= 0.6 is 0 Å². The molecule has 1 heterocycles. The minimum atomic E-state index is -3.39. The smallest absolute Gasteiger partial charge is 0.264 e. The number of amides is 2. The molecule has 0 atom stereocenters. The van der Waals surface area contributed by atoms with E-state index in [1.54, 1.807) is 0 Å². The van der Waals surface area contributed by atoms with Crippen LogP contribution in [0.2, 0.25) is 0 Å². The lowest BCUT2D eigenvalue weighted by Crippen LogP contribution is -2.30. The summed E-state index contributed by atoms with van der Waals surface area (Å²) in [5, 5.41) is 0. The number of nitrogens with zero attached hydrogens (tertiary/aromatic N) is 1. The number of rotatable bonds is 6. The molecule has 0 aromatic carbocycles. The highest BCUT2D eigenvalue weighted by Gasteiger charge is 2.27. The van der Waals surface area contributed by atoms with Crippen LogP contribution in [0.5, 0.6) is 0 Å². The van der Waals surface area contributed by atoms with Crippen LogP contribution in [0.3, 0.4) is 0 Å². The Hall–Kier alpha value is -0.950. The maximum Gasteiger partial charge on any atom is 0.264 e. The molecule has 1 rings (SSSR count). The molecule has 1 aliphatic heterocycles. The van der Waals surface area contributed by atoms with Gasteiger partial charge < -0.3 is 0 Å². The molecule has 0 unspecified atom stereocenters. The van der Waals surface area contributed by atoms with Gasteiger partial charge in [0.15, 0.2) is 0 Å². The summed E-state index contributed by atoms with van der Waals surface area (Å²) >= 11 is 0. The second kappa shape index (κ2) is 5.40. The van der Waals surface area contributed by atoms with E-state index < -0.39 is 10.1 Å². The molecule has 1 fully saturated rings. The van der Waals surface area contributed by atoms with Crippen molar-refractivity contribution in [3.8, 4) is 0 Å². The van der Waals surface area contributed by atoms with Crippen molar-refractivity contribution in [3.63, 3.8) is 0 Å². The lowest BCUT2D eigenvalue weighted by molar-refractivity contribution is -0.138. The van der Waals surface area contributed by atoms with Crippen LogP contribution in [0.4, 0.5) is 0 Å². The van der Waals surface area contributed by atoms with Gasteiger partial charge in [0.2, 0.25) is 11.8 Å². The van der Waals surface area contributed by atoms with E-state index in [4.69, 9.17) is 0 Å². The predicted molar refractivity (Wildman–Crippen MR) is 56.0 cm³/mol. The summed E-state index contributed by atoms with van der Waals surface area (Å²) in [6.45, 7) is 0.444. The summed E-state index contributed by atoms with van der Waals surface area (Å²) in [7, 11) is -3.39. The standard InChI is InChI=1S/C9H15NO5S/c1-16(13,14)15-7-3-2-6-10-8(11)4-5-9(10)12/h2-7H2,1H3. The molecule has 0 N–H and O–H groups in total. The van der Waals surface area contributed by atoms with Crippen molar-refractivity contribution in [2.45, 2.75) is 25.7 Å². The molecule has 0 aliphatic carbocycles. The molecule has 0 bridgehead atoms. The Morgan fingerprint density at radius 3 is 2.25 bits per heavy atom. The Morgan fingerprint density at radius 2 is 1.75 bits per heavy atom. The average molecular weight is 249 g/mol. The highest BCUT2D eigenvalue weighted by atomic mass is 32.2. The Balaban J connectivity index is 2.16. The third-order valence-corrected chi connectivity index (χ3v) is 2.82. The molecule has 92 valence electrons. The third kappa shape index (κ3) is 4.28. The SMILES string of the molecule is CS(=O)(=O)OCCCCN1C(=O)CCC1=O. The minimum Gasteiger partial charge on any atom is -0.283 e. The maximum atomic E-state index is 11.2. The Kier molecular flexibility index (Phi) is 4.43. The molecule has 0 aromatic heterocycles. The Morgan fingerprint density at radius 1 is 1.19 bits per heavy atom. The number of imide groups is 1. The van der Waals surface area contributed by atoms with E-state index in [0.29, 0.717) is 32.2 Å². The maximum absolute atomic E-state index is 11.2. The molecule has 6 nitrogen and oxygen atoms in total. The van der Waals surface area contributed by atoms with Gasteiger partial charge in [-0.05, 0) is 12.8 Å². The van der Waals surface area contributed by atoms with Gasteiger partial charge in [-0.25, -0.2) is 0 Å². The third-order valence-electron chi connectivity index (χ3n) is 2.23. The zero-order valence-electron chi connectivity index (χ0n) is 9.14. The first-order valence-corrected chi connectivity index (χ1v) is 6.89. The monoisotopic (exact) mass is 249 g/mol.